The van der Waals surface area contributed by atoms with Crippen LogP contribution in [0.4, 0.5) is 5.95 Å². The molecule has 0 aliphatic heterocycles. The van der Waals surface area contributed by atoms with Crippen molar-refractivity contribution in [3.63, 3.8) is 0 Å². The van der Waals surface area contributed by atoms with Crippen molar-refractivity contribution < 1.29 is 4.79 Å². The summed E-state index contributed by atoms with van der Waals surface area (Å²) in [7, 11) is 0. The molecule has 1 saturated carbocycles. The van der Waals surface area contributed by atoms with E-state index >= 15 is 0 Å². The van der Waals surface area contributed by atoms with Crippen LogP contribution in [0.25, 0.3) is 0 Å². The Morgan fingerprint density at radius 3 is 2.38 bits per heavy atom. The minimum atomic E-state index is -0.0670. The second-order valence-electron chi connectivity index (χ2n) is 7.29. The minimum Gasteiger partial charge on any atom is -0.349 e. The first-order chi connectivity index (χ1) is 12.6. The van der Waals surface area contributed by atoms with E-state index in [-0.39, 0.29) is 11.9 Å². The molecule has 138 valence electrons. The molecule has 5 nitrogen and oxygen atoms in total. The van der Waals surface area contributed by atoms with Crippen molar-refractivity contribution in [1.29, 1.82) is 0 Å². The van der Waals surface area contributed by atoms with E-state index in [1.54, 1.807) is 12.4 Å². The van der Waals surface area contributed by atoms with E-state index in [4.69, 9.17) is 0 Å². The van der Waals surface area contributed by atoms with Crippen molar-refractivity contribution in [3.05, 3.63) is 53.9 Å². The van der Waals surface area contributed by atoms with Crippen molar-refractivity contribution in [2.24, 2.45) is 0 Å². The fourth-order valence-corrected chi connectivity index (χ4v) is 3.37. The maximum Gasteiger partial charge on any atom is 0.254 e. The quantitative estimate of drug-likeness (QED) is 0.855. The number of anilines is 1. The summed E-state index contributed by atoms with van der Waals surface area (Å²) in [4.78, 5) is 23.5. The van der Waals surface area contributed by atoms with Gasteiger partial charge in [-0.3, -0.25) is 4.79 Å². The maximum atomic E-state index is 12.4. The number of benzene rings is 1. The molecular formula is C21H28N4O. The van der Waals surface area contributed by atoms with Crippen molar-refractivity contribution in [1.82, 2.24) is 15.3 Å². The summed E-state index contributed by atoms with van der Waals surface area (Å²) >= 11 is 0. The lowest BCUT2D eigenvalue weighted by Gasteiger charge is -2.27. The first-order valence-electron chi connectivity index (χ1n) is 9.57. The zero-order valence-corrected chi connectivity index (χ0v) is 15.7. The topological polar surface area (TPSA) is 58.1 Å². The summed E-state index contributed by atoms with van der Waals surface area (Å²) < 4.78 is 0. The molecule has 0 saturated heterocycles. The van der Waals surface area contributed by atoms with Crippen molar-refractivity contribution >= 4 is 11.9 Å². The third kappa shape index (κ3) is 4.81. The van der Waals surface area contributed by atoms with Gasteiger partial charge >= 0.3 is 0 Å². The van der Waals surface area contributed by atoms with Gasteiger partial charge in [0, 0.05) is 31.0 Å². The molecule has 1 aromatic carbocycles. The Balaban J connectivity index is 1.67. The van der Waals surface area contributed by atoms with Gasteiger partial charge in [-0.25, -0.2) is 9.97 Å². The molecule has 3 rings (SSSR count). The number of aromatic nitrogens is 2. The van der Waals surface area contributed by atoms with E-state index in [1.807, 2.05) is 18.2 Å². The fourth-order valence-electron chi connectivity index (χ4n) is 3.37. The van der Waals surface area contributed by atoms with Gasteiger partial charge < -0.3 is 10.2 Å². The highest BCUT2D eigenvalue weighted by molar-refractivity contribution is 5.93. The van der Waals surface area contributed by atoms with Crippen LogP contribution in [0.1, 0.15) is 61.9 Å². The van der Waals surface area contributed by atoms with E-state index in [0.717, 1.165) is 19.4 Å². The van der Waals surface area contributed by atoms with Crippen LogP contribution in [0.5, 0.6) is 0 Å². The van der Waals surface area contributed by atoms with Crippen LogP contribution < -0.4 is 10.2 Å². The van der Waals surface area contributed by atoms with Gasteiger partial charge in [0.1, 0.15) is 0 Å². The van der Waals surface area contributed by atoms with E-state index < -0.39 is 0 Å². The third-order valence-electron chi connectivity index (χ3n) is 4.92. The minimum absolute atomic E-state index is 0.0670. The molecule has 1 N–H and O–H groups in total. The molecule has 0 unspecified atom stereocenters. The number of hydrogen-bond donors (Lipinski definition) is 1. The van der Waals surface area contributed by atoms with Crippen molar-refractivity contribution in [2.45, 2.75) is 64.6 Å². The molecule has 2 aromatic rings. The molecule has 26 heavy (non-hydrogen) atoms. The molecule has 0 atom stereocenters. The second-order valence-corrected chi connectivity index (χ2v) is 7.29. The summed E-state index contributed by atoms with van der Waals surface area (Å²) in [6, 6.07) is 10.8. The number of rotatable bonds is 6. The lowest BCUT2D eigenvalue weighted by molar-refractivity contribution is 0.0927. The molecular weight excluding hydrogens is 324 g/mol. The van der Waals surface area contributed by atoms with Gasteiger partial charge in [-0.2, -0.15) is 0 Å². The van der Waals surface area contributed by atoms with Crippen LogP contribution in [-0.4, -0.2) is 28.0 Å². The van der Waals surface area contributed by atoms with Gasteiger partial charge in [0.05, 0.1) is 5.56 Å². The van der Waals surface area contributed by atoms with Crippen LogP contribution in [0.15, 0.2) is 42.7 Å². The summed E-state index contributed by atoms with van der Waals surface area (Å²) in [5, 5.41) is 3.11. The smallest absolute Gasteiger partial charge is 0.254 e. The van der Waals surface area contributed by atoms with Gasteiger partial charge in [0.25, 0.3) is 5.91 Å². The van der Waals surface area contributed by atoms with Gasteiger partial charge in [-0.1, -0.05) is 49.6 Å². The Morgan fingerprint density at radius 1 is 1.12 bits per heavy atom. The van der Waals surface area contributed by atoms with Crippen LogP contribution >= 0.6 is 0 Å². The Labute approximate surface area is 155 Å². The average molecular weight is 352 g/mol. The van der Waals surface area contributed by atoms with Crippen molar-refractivity contribution in [2.75, 3.05) is 4.90 Å². The Bertz CT molecular complexity index is 694. The van der Waals surface area contributed by atoms with Crippen LogP contribution in [0.2, 0.25) is 0 Å². The SMILES string of the molecule is CC(C)N(Cc1ccccc1)c1ncc(C(=O)NC2CCCCC2)cn1. The maximum absolute atomic E-state index is 12.4. The summed E-state index contributed by atoms with van der Waals surface area (Å²) in [5.41, 5.74) is 1.74. The fraction of sp³-hybridized carbons (Fsp3) is 0.476. The monoisotopic (exact) mass is 352 g/mol. The highest BCUT2D eigenvalue weighted by Gasteiger charge is 2.18. The normalized spacial score (nSPS) is 15.0. The molecule has 0 radical (unpaired) electrons. The van der Waals surface area contributed by atoms with Gasteiger partial charge in [-0.15, -0.1) is 0 Å². The number of carbonyl (C=O) groups excluding carboxylic acids is 1. The van der Waals surface area contributed by atoms with Gasteiger partial charge in [0.2, 0.25) is 5.95 Å². The molecule has 1 aliphatic rings. The van der Waals surface area contributed by atoms with Crippen molar-refractivity contribution in [3.8, 4) is 0 Å². The molecule has 1 heterocycles. The van der Waals surface area contributed by atoms with E-state index in [0.29, 0.717) is 17.6 Å². The third-order valence-corrected chi connectivity index (χ3v) is 4.92. The highest BCUT2D eigenvalue weighted by atomic mass is 16.1. The first-order valence-corrected chi connectivity index (χ1v) is 9.57. The van der Waals surface area contributed by atoms with Crippen LogP contribution in [-0.2, 0) is 6.54 Å². The second kappa shape index (κ2) is 8.79. The molecule has 0 spiro atoms. The Hall–Kier alpha value is -2.43. The first kappa shape index (κ1) is 18.4. The molecule has 0 bridgehead atoms. The van der Waals surface area contributed by atoms with E-state index in [9.17, 15) is 4.79 Å². The number of nitrogens with zero attached hydrogens (tertiary/aromatic N) is 3. The molecule has 5 heteroatoms. The summed E-state index contributed by atoms with van der Waals surface area (Å²) in [6.07, 6.45) is 9.09. The Morgan fingerprint density at radius 2 is 1.77 bits per heavy atom. The highest BCUT2D eigenvalue weighted by Crippen LogP contribution is 2.18. The number of carbonyl (C=O) groups is 1. The zero-order chi connectivity index (χ0) is 18.4. The van der Waals surface area contributed by atoms with E-state index in [1.165, 1.54) is 24.8 Å². The lowest BCUT2D eigenvalue weighted by Crippen LogP contribution is -2.36. The average Bonchev–Trinajstić information content (AvgIpc) is 2.67. The summed E-state index contributed by atoms with van der Waals surface area (Å²) in [6.45, 7) is 4.98. The number of nitrogens with one attached hydrogen (secondary N) is 1. The largest absolute Gasteiger partial charge is 0.349 e. The lowest BCUT2D eigenvalue weighted by atomic mass is 9.95. The van der Waals surface area contributed by atoms with Gasteiger partial charge in [-0.05, 0) is 32.3 Å². The standard InChI is InChI=1S/C21H28N4O/c1-16(2)25(15-17-9-5-3-6-10-17)21-22-13-18(14-23-21)20(26)24-19-11-7-4-8-12-19/h3,5-6,9-10,13-14,16,19H,4,7-8,11-12,15H2,1-2H3,(H,24,26). The zero-order valence-electron chi connectivity index (χ0n) is 15.7. The number of amides is 1. The van der Waals surface area contributed by atoms with Gasteiger partial charge in [0.15, 0.2) is 0 Å². The molecule has 1 amide bonds. The Kier molecular flexibility index (Phi) is 6.21. The summed E-state index contributed by atoms with van der Waals surface area (Å²) in [5.74, 6) is 0.584. The van der Waals surface area contributed by atoms with Crippen LogP contribution in [0, 0.1) is 0 Å². The predicted octanol–water partition coefficient (Wildman–Crippen LogP) is 3.95. The molecule has 1 aliphatic carbocycles. The predicted molar refractivity (Wildman–Crippen MR) is 104 cm³/mol. The molecule has 1 aromatic heterocycles. The van der Waals surface area contributed by atoms with Crippen LogP contribution in [0.3, 0.4) is 0 Å². The van der Waals surface area contributed by atoms with E-state index in [2.05, 4.69) is 46.2 Å². The number of hydrogen-bond acceptors (Lipinski definition) is 4. The molecule has 1 fully saturated rings.